The van der Waals surface area contributed by atoms with Crippen LogP contribution in [0.5, 0.6) is 0 Å². The van der Waals surface area contributed by atoms with E-state index in [1.54, 1.807) is 0 Å². The Hall–Kier alpha value is -1.35. The Balaban J connectivity index is 1.85. The first-order valence-corrected chi connectivity index (χ1v) is 7.18. The van der Waals surface area contributed by atoms with Crippen molar-refractivity contribution in [2.45, 2.75) is 38.6 Å². The van der Waals surface area contributed by atoms with Crippen LogP contribution in [0.3, 0.4) is 0 Å². The van der Waals surface area contributed by atoms with Gasteiger partial charge in [-0.1, -0.05) is 37.3 Å². The Kier molecular flexibility index (Phi) is 4.59. The minimum atomic E-state index is -0.0302. The molecule has 0 bridgehead atoms. The Bertz CT molecular complexity index is 408. The van der Waals surface area contributed by atoms with Crippen LogP contribution >= 0.6 is 0 Å². The van der Waals surface area contributed by atoms with E-state index >= 15 is 0 Å². The molecular formula is C16H24N2O. The van der Waals surface area contributed by atoms with Gasteiger partial charge in [0.1, 0.15) is 0 Å². The van der Waals surface area contributed by atoms with Crippen LogP contribution in [0.25, 0.3) is 0 Å². The molecule has 3 nitrogen and oxygen atoms in total. The third-order valence-electron chi connectivity index (χ3n) is 4.06. The molecule has 1 aliphatic rings. The quantitative estimate of drug-likeness (QED) is 0.900. The first kappa shape index (κ1) is 14.1. The molecule has 1 fully saturated rings. The second kappa shape index (κ2) is 6.20. The number of nitrogens with zero attached hydrogens (tertiary/aromatic N) is 1. The topological polar surface area (TPSA) is 32.3 Å². The second-order valence-corrected chi connectivity index (χ2v) is 5.71. The summed E-state index contributed by atoms with van der Waals surface area (Å²) in [5.41, 5.74) is 1.05. The summed E-state index contributed by atoms with van der Waals surface area (Å²) in [6.45, 7) is 7.63. The predicted octanol–water partition coefficient (Wildman–Crippen LogP) is 2.22. The van der Waals surface area contributed by atoms with Gasteiger partial charge in [-0.25, -0.2) is 0 Å². The molecule has 0 aromatic heterocycles. The molecule has 0 aliphatic carbocycles. The van der Waals surface area contributed by atoms with Crippen molar-refractivity contribution < 1.29 is 4.79 Å². The first-order chi connectivity index (χ1) is 9.11. The molecular weight excluding hydrogens is 236 g/mol. The second-order valence-electron chi connectivity index (χ2n) is 5.71. The van der Waals surface area contributed by atoms with Crippen molar-refractivity contribution in [1.29, 1.82) is 0 Å². The lowest BCUT2D eigenvalue weighted by Crippen LogP contribution is -2.53. The Morgan fingerprint density at radius 1 is 1.26 bits per heavy atom. The summed E-state index contributed by atoms with van der Waals surface area (Å²) >= 11 is 0. The maximum Gasteiger partial charge on any atom is 0.224 e. The van der Waals surface area contributed by atoms with E-state index in [4.69, 9.17) is 0 Å². The van der Waals surface area contributed by atoms with Crippen LogP contribution in [0.1, 0.15) is 32.3 Å². The standard InChI is InChI=1S/C16H24N2O/c1-3-18-11-9-16(2,10-12-18)17-15(19)13-14-7-5-4-6-8-14/h4-8H,3,9-13H2,1-2H3,(H,17,19). The van der Waals surface area contributed by atoms with Crippen LogP contribution in [0, 0.1) is 0 Å². The first-order valence-electron chi connectivity index (χ1n) is 7.18. The average molecular weight is 260 g/mol. The maximum absolute atomic E-state index is 12.1. The molecule has 104 valence electrons. The summed E-state index contributed by atoms with van der Waals surface area (Å²) < 4.78 is 0. The van der Waals surface area contributed by atoms with E-state index in [2.05, 4.69) is 24.1 Å². The fraction of sp³-hybridized carbons (Fsp3) is 0.562. The lowest BCUT2D eigenvalue weighted by molar-refractivity contribution is -0.122. The van der Waals surface area contributed by atoms with Gasteiger partial charge in [-0.2, -0.15) is 0 Å². The highest BCUT2D eigenvalue weighted by molar-refractivity contribution is 5.79. The number of carbonyl (C=O) groups excluding carboxylic acids is 1. The van der Waals surface area contributed by atoms with Crippen molar-refractivity contribution in [3.05, 3.63) is 35.9 Å². The van der Waals surface area contributed by atoms with Crippen LogP contribution in [0.15, 0.2) is 30.3 Å². The van der Waals surface area contributed by atoms with Gasteiger partial charge in [-0.05, 0) is 31.9 Å². The smallest absolute Gasteiger partial charge is 0.224 e. The largest absolute Gasteiger partial charge is 0.351 e. The normalized spacial score (nSPS) is 19.1. The fourth-order valence-corrected chi connectivity index (χ4v) is 2.65. The van der Waals surface area contributed by atoms with E-state index in [-0.39, 0.29) is 11.4 Å². The fourth-order valence-electron chi connectivity index (χ4n) is 2.65. The SMILES string of the molecule is CCN1CCC(C)(NC(=O)Cc2ccccc2)CC1. The van der Waals surface area contributed by atoms with Gasteiger partial charge < -0.3 is 10.2 Å². The minimum Gasteiger partial charge on any atom is -0.351 e. The van der Waals surface area contributed by atoms with Crippen LogP contribution in [-0.2, 0) is 11.2 Å². The summed E-state index contributed by atoms with van der Waals surface area (Å²) in [6.07, 6.45) is 2.57. The molecule has 1 aliphatic heterocycles. The number of amides is 1. The summed E-state index contributed by atoms with van der Waals surface area (Å²) in [5, 5.41) is 3.22. The van der Waals surface area contributed by atoms with E-state index < -0.39 is 0 Å². The third-order valence-corrected chi connectivity index (χ3v) is 4.06. The van der Waals surface area contributed by atoms with Crippen molar-refractivity contribution in [2.24, 2.45) is 0 Å². The molecule has 1 saturated heterocycles. The lowest BCUT2D eigenvalue weighted by atomic mass is 9.89. The van der Waals surface area contributed by atoms with Crippen molar-refractivity contribution in [3.8, 4) is 0 Å². The van der Waals surface area contributed by atoms with Gasteiger partial charge in [0.2, 0.25) is 5.91 Å². The molecule has 0 saturated carbocycles. The van der Waals surface area contributed by atoms with Crippen molar-refractivity contribution in [2.75, 3.05) is 19.6 Å². The van der Waals surface area contributed by atoms with Gasteiger partial charge in [0, 0.05) is 18.6 Å². The lowest BCUT2D eigenvalue weighted by Gasteiger charge is -2.39. The van der Waals surface area contributed by atoms with Crippen LogP contribution in [0.2, 0.25) is 0 Å². The molecule has 1 amide bonds. The molecule has 0 unspecified atom stereocenters. The number of hydrogen-bond donors (Lipinski definition) is 1. The predicted molar refractivity (Wildman–Crippen MR) is 78.0 cm³/mol. The summed E-state index contributed by atoms with van der Waals surface area (Å²) in [6, 6.07) is 9.93. The number of benzene rings is 1. The molecule has 0 spiro atoms. The molecule has 1 heterocycles. The number of likely N-dealkylation sites (tertiary alicyclic amines) is 1. The molecule has 3 heteroatoms. The van der Waals surface area contributed by atoms with Crippen molar-refractivity contribution in [1.82, 2.24) is 10.2 Å². The minimum absolute atomic E-state index is 0.0302. The van der Waals surface area contributed by atoms with E-state index in [9.17, 15) is 4.79 Å². The van der Waals surface area contributed by atoms with Gasteiger partial charge in [0.15, 0.2) is 0 Å². The van der Waals surface area contributed by atoms with E-state index in [0.717, 1.165) is 38.0 Å². The molecule has 1 N–H and O–H groups in total. The molecule has 0 atom stereocenters. The zero-order valence-corrected chi connectivity index (χ0v) is 12.0. The molecule has 2 rings (SSSR count). The highest BCUT2D eigenvalue weighted by Crippen LogP contribution is 2.21. The van der Waals surface area contributed by atoms with Crippen LogP contribution < -0.4 is 5.32 Å². The van der Waals surface area contributed by atoms with Gasteiger partial charge in [-0.3, -0.25) is 4.79 Å². The van der Waals surface area contributed by atoms with Gasteiger partial charge in [-0.15, -0.1) is 0 Å². The molecule has 0 radical (unpaired) electrons. The highest BCUT2D eigenvalue weighted by atomic mass is 16.1. The summed E-state index contributed by atoms with van der Waals surface area (Å²) in [5.74, 6) is 0.138. The zero-order valence-electron chi connectivity index (χ0n) is 12.0. The zero-order chi connectivity index (χ0) is 13.7. The van der Waals surface area contributed by atoms with Crippen LogP contribution in [-0.4, -0.2) is 36.0 Å². The molecule has 1 aromatic rings. The van der Waals surface area contributed by atoms with E-state index in [1.165, 1.54) is 0 Å². The van der Waals surface area contributed by atoms with Crippen molar-refractivity contribution in [3.63, 3.8) is 0 Å². The van der Waals surface area contributed by atoms with Gasteiger partial charge in [0.05, 0.1) is 6.42 Å². The maximum atomic E-state index is 12.1. The van der Waals surface area contributed by atoms with Crippen molar-refractivity contribution >= 4 is 5.91 Å². The van der Waals surface area contributed by atoms with Gasteiger partial charge in [0.25, 0.3) is 0 Å². The summed E-state index contributed by atoms with van der Waals surface area (Å²) in [4.78, 5) is 14.5. The third kappa shape index (κ3) is 4.06. The van der Waals surface area contributed by atoms with E-state index in [1.807, 2.05) is 30.3 Å². The average Bonchev–Trinajstić information content (AvgIpc) is 2.40. The number of hydrogen-bond acceptors (Lipinski definition) is 2. The monoisotopic (exact) mass is 260 g/mol. The van der Waals surface area contributed by atoms with Gasteiger partial charge >= 0.3 is 0 Å². The number of carbonyl (C=O) groups is 1. The Morgan fingerprint density at radius 3 is 2.47 bits per heavy atom. The highest BCUT2D eigenvalue weighted by Gasteiger charge is 2.30. The number of piperidine rings is 1. The van der Waals surface area contributed by atoms with Crippen LogP contribution in [0.4, 0.5) is 0 Å². The molecule has 19 heavy (non-hydrogen) atoms. The Morgan fingerprint density at radius 2 is 1.89 bits per heavy atom. The number of nitrogens with one attached hydrogen (secondary N) is 1. The number of rotatable bonds is 4. The molecule has 1 aromatic carbocycles. The summed E-state index contributed by atoms with van der Waals surface area (Å²) in [7, 11) is 0. The van der Waals surface area contributed by atoms with E-state index in [0.29, 0.717) is 6.42 Å². The Labute approximate surface area is 116 Å².